The van der Waals surface area contributed by atoms with Crippen molar-refractivity contribution in [1.29, 1.82) is 0 Å². The van der Waals surface area contributed by atoms with Crippen molar-refractivity contribution in [2.75, 3.05) is 20.1 Å². The van der Waals surface area contributed by atoms with Gasteiger partial charge in [-0.2, -0.15) is 0 Å². The molecule has 3 nitrogen and oxygen atoms in total. The van der Waals surface area contributed by atoms with Gasteiger partial charge < -0.3 is 15.3 Å². The van der Waals surface area contributed by atoms with Crippen molar-refractivity contribution >= 4 is 0 Å². The maximum Gasteiger partial charge on any atom is 0.0693 e. The first kappa shape index (κ1) is 10.4. The van der Waals surface area contributed by atoms with Crippen molar-refractivity contribution in [2.45, 2.75) is 50.3 Å². The van der Waals surface area contributed by atoms with Crippen molar-refractivity contribution in [2.24, 2.45) is 0 Å². The van der Waals surface area contributed by atoms with Gasteiger partial charge in [0.1, 0.15) is 0 Å². The highest BCUT2D eigenvalue weighted by Gasteiger charge is 2.27. The van der Waals surface area contributed by atoms with E-state index >= 15 is 0 Å². The van der Waals surface area contributed by atoms with Gasteiger partial charge >= 0.3 is 0 Å². The first-order chi connectivity index (χ1) is 6.77. The molecule has 0 radical (unpaired) electrons. The van der Waals surface area contributed by atoms with Gasteiger partial charge in [0, 0.05) is 25.2 Å². The fourth-order valence-corrected chi connectivity index (χ4v) is 2.30. The Hall–Kier alpha value is -0.120. The molecular weight excluding hydrogens is 176 g/mol. The fourth-order valence-electron chi connectivity index (χ4n) is 2.30. The van der Waals surface area contributed by atoms with Crippen LogP contribution in [0.2, 0.25) is 0 Å². The monoisotopic (exact) mass is 198 g/mol. The number of hydrogen-bond donors (Lipinski definition) is 2. The third-order valence-electron chi connectivity index (χ3n) is 3.52. The predicted octanol–water partition coefficient (Wildman–Crippen LogP) is 0.584. The smallest absolute Gasteiger partial charge is 0.0693 e. The molecular formula is C11H22N2O. The standard InChI is InChI=1S/C11H22N2O/c1-13(9-5-6-9)8-7-12-10-3-2-4-11(10)14/h9-12,14H,2-8H2,1H3/t10-,11-/m1/s1. The zero-order valence-electron chi connectivity index (χ0n) is 9.08. The minimum Gasteiger partial charge on any atom is -0.392 e. The first-order valence-corrected chi connectivity index (χ1v) is 5.89. The van der Waals surface area contributed by atoms with Crippen LogP contribution >= 0.6 is 0 Å². The van der Waals surface area contributed by atoms with E-state index in [0.29, 0.717) is 6.04 Å². The lowest BCUT2D eigenvalue weighted by atomic mass is 10.2. The average molecular weight is 198 g/mol. The van der Waals surface area contributed by atoms with Crippen LogP contribution in [-0.2, 0) is 0 Å². The second kappa shape index (κ2) is 4.60. The van der Waals surface area contributed by atoms with Gasteiger partial charge in [-0.3, -0.25) is 0 Å². The summed E-state index contributed by atoms with van der Waals surface area (Å²) < 4.78 is 0. The van der Waals surface area contributed by atoms with Gasteiger partial charge in [-0.25, -0.2) is 0 Å². The lowest BCUT2D eigenvalue weighted by Gasteiger charge is -2.20. The van der Waals surface area contributed by atoms with E-state index in [-0.39, 0.29) is 6.10 Å². The van der Waals surface area contributed by atoms with Gasteiger partial charge in [-0.05, 0) is 39.2 Å². The Morgan fingerprint density at radius 3 is 2.64 bits per heavy atom. The fraction of sp³-hybridized carbons (Fsp3) is 1.00. The molecule has 2 atom stereocenters. The van der Waals surface area contributed by atoms with Crippen molar-refractivity contribution in [3.63, 3.8) is 0 Å². The Labute approximate surface area is 86.5 Å². The molecule has 2 aliphatic rings. The number of aliphatic hydroxyl groups is 1. The SMILES string of the molecule is CN(CCN[C@@H]1CCC[C@H]1O)C1CC1. The van der Waals surface area contributed by atoms with Crippen molar-refractivity contribution in [3.8, 4) is 0 Å². The Bertz CT molecular complexity index is 182. The number of nitrogens with one attached hydrogen (secondary N) is 1. The van der Waals surface area contributed by atoms with Crippen LogP contribution in [0.5, 0.6) is 0 Å². The zero-order valence-corrected chi connectivity index (χ0v) is 9.08. The van der Waals surface area contributed by atoms with E-state index in [1.54, 1.807) is 0 Å². The van der Waals surface area contributed by atoms with Crippen LogP contribution in [0.15, 0.2) is 0 Å². The second-order valence-corrected chi connectivity index (χ2v) is 4.77. The first-order valence-electron chi connectivity index (χ1n) is 5.89. The van der Waals surface area contributed by atoms with Gasteiger partial charge in [-0.15, -0.1) is 0 Å². The highest BCUT2D eigenvalue weighted by atomic mass is 16.3. The Kier molecular flexibility index (Phi) is 3.42. The van der Waals surface area contributed by atoms with E-state index in [4.69, 9.17) is 0 Å². The molecule has 2 saturated carbocycles. The molecule has 0 unspecified atom stereocenters. The molecule has 0 aromatic carbocycles. The van der Waals surface area contributed by atoms with E-state index < -0.39 is 0 Å². The molecule has 2 N–H and O–H groups in total. The number of rotatable bonds is 5. The van der Waals surface area contributed by atoms with Crippen molar-refractivity contribution in [3.05, 3.63) is 0 Å². The van der Waals surface area contributed by atoms with Gasteiger partial charge in [0.2, 0.25) is 0 Å². The van der Waals surface area contributed by atoms with Crippen molar-refractivity contribution in [1.82, 2.24) is 10.2 Å². The summed E-state index contributed by atoms with van der Waals surface area (Å²) in [6, 6.07) is 1.22. The van der Waals surface area contributed by atoms with Crippen molar-refractivity contribution < 1.29 is 5.11 Å². The lowest BCUT2D eigenvalue weighted by molar-refractivity contribution is 0.147. The molecule has 0 aliphatic heterocycles. The van der Waals surface area contributed by atoms with Gasteiger partial charge in [0.25, 0.3) is 0 Å². The summed E-state index contributed by atoms with van der Waals surface area (Å²) in [5.74, 6) is 0. The molecule has 0 bridgehead atoms. The maximum absolute atomic E-state index is 9.60. The summed E-state index contributed by atoms with van der Waals surface area (Å²) >= 11 is 0. The second-order valence-electron chi connectivity index (χ2n) is 4.77. The number of aliphatic hydroxyl groups excluding tert-OH is 1. The van der Waals surface area contributed by atoms with Crippen LogP contribution in [0.1, 0.15) is 32.1 Å². The number of likely N-dealkylation sites (N-methyl/N-ethyl adjacent to an activating group) is 1. The quantitative estimate of drug-likeness (QED) is 0.678. The molecule has 2 rings (SSSR count). The van der Waals surface area contributed by atoms with Crippen LogP contribution in [0.25, 0.3) is 0 Å². The summed E-state index contributed by atoms with van der Waals surface area (Å²) in [6.07, 6.45) is 5.97. The number of nitrogens with zero attached hydrogens (tertiary/aromatic N) is 1. The molecule has 0 amide bonds. The van der Waals surface area contributed by atoms with Gasteiger partial charge in [0.05, 0.1) is 6.10 Å². The Morgan fingerprint density at radius 1 is 1.29 bits per heavy atom. The van der Waals surface area contributed by atoms with E-state index in [9.17, 15) is 5.11 Å². The molecule has 2 fully saturated rings. The summed E-state index contributed by atoms with van der Waals surface area (Å²) in [6.45, 7) is 2.14. The van der Waals surface area contributed by atoms with Crippen LogP contribution < -0.4 is 5.32 Å². The molecule has 2 aliphatic carbocycles. The molecule has 0 aromatic rings. The van der Waals surface area contributed by atoms with Crippen LogP contribution in [0, 0.1) is 0 Å². The summed E-state index contributed by atoms with van der Waals surface area (Å²) in [5.41, 5.74) is 0. The molecule has 0 heterocycles. The van der Waals surface area contributed by atoms with E-state index in [1.165, 1.54) is 19.3 Å². The van der Waals surface area contributed by atoms with Crippen LogP contribution in [0.4, 0.5) is 0 Å². The van der Waals surface area contributed by atoms with Crippen LogP contribution in [0.3, 0.4) is 0 Å². The Morgan fingerprint density at radius 2 is 2.07 bits per heavy atom. The normalized spacial score (nSPS) is 32.8. The predicted molar refractivity (Wildman–Crippen MR) is 57.3 cm³/mol. The van der Waals surface area contributed by atoms with E-state index in [0.717, 1.165) is 32.0 Å². The summed E-state index contributed by atoms with van der Waals surface area (Å²) in [5, 5.41) is 13.1. The third kappa shape index (κ3) is 2.69. The largest absolute Gasteiger partial charge is 0.392 e. The molecule has 14 heavy (non-hydrogen) atoms. The van der Waals surface area contributed by atoms with Crippen LogP contribution in [-0.4, -0.2) is 48.3 Å². The highest BCUT2D eigenvalue weighted by molar-refractivity contribution is 4.85. The summed E-state index contributed by atoms with van der Waals surface area (Å²) in [7, 11) is 2.20. The maximum atomic E-state index is 9.60. The molecule has 0 aromatic heterocycles. The topological polar surface area (TPSA) is 35.5 Å². The van der Waals surface area contributed by atoms with Gasteiger partial charge in [-0.1, -0.05) is 0 Å². The minimum atomic E-state index is -0.0961. The zero-order chi connectivity index (χ0) is 9.97. The molecule has 82 valence electrons. The van der Waals surface area contributed by atoms with Gasteiger partial charge in [0.15, 0.2) is 0 Å². The molecule has 0 saturated heterocycles. The van der Waals surface area contributed by atoms with E-state index in [2.05, 4.69) is 17.3 Å². The Balaban J connectivity index is 1.57. The lowest BCUT2D eigenvalue weighted by Crippen LogP contribution is -2.40. The third-order valence-corrected chi connectivity index (χ3v) is 3.52. The average Bonchev–Trinajstić information content (AvgIpc) is 2.93. The van der Waals surface area contributed by atoms with E-state index in [1.807, 2.05) is 0 Å². The summed E-state index contributed by atoms with van der Waals surface area (Å²) in [4.78, 5) is 2.42. The highest BCUT2D eigenvalue weighted by Crippen LogP contribution is 2.24. The molecule has 3 heteroatoms. The number of hydrogen-bond acceptors (Lipinski definition) is 3. The molecule has 0 spiro atoms. The minimum absolute atomic E-state index is 0.0961.